The monoisotopic (exact) mass is 225 g/mol. The average Bonchev–Trinajstić information content (AvgIpc) is 2.28. The van der Waals surface area contributed by atoms with E-state index in [2.05, 4.69) is 12.0 Å². The minimum atomic E-state index is -1.46. The molecule has 1 N–H and O–H groups in total. The van der Waals surface area contributed by atoms with Crippen molar-refractivity contribution in [2.75, 3.05) is 0 Å². The van der Waals surface area contributed by atoms with E-state index in [1.54, 1.807) is 0 Å². The summed E-state index contributed by atoms with van der Waals surface area (Å²) in [5, 5.41) is 20.0. The Kier molecular flexibility index (Phi) is 2.69. The summed E-state index contributed by atoms with van der Waals surface area (Å²) in [5.74, 6) is 2.44. The van der Waals surface area contributed by atoms with Gasteiger partial charge in [0.25, 0.3) is 0 Å². The molecule has 0 unspecified atom stereocenters. The molecule has 1 fully saturated rings. The highest BCUT2D eigenvalue weighted by Gasteiger charge is 2.55. The summed E-state index contributed by atoms with van der Waals surface area (Å²) in [6.45, 7) is 1.97. The van der Waals surface area contributed by atoms with Crippen LogP contribution < -0.4 is 0 Å². The predicted molar refractivity (Wildman–Crippen MR) is 65.8 cm³/mol. The fraction of sp³-hybridized carbons (Fsp3) is 0.400. The quantitative estimate of drug-likeness (QED) is 0.786. The first-order chi connectivity index (χ1) is 8.08. The van der Waals surface area contributed by atoms with Crippen LogP contribution in [0.1, 0.15) is 30.4 Å². The molecule has 1 aromatic rings. The molecule has 0 aliphatic heterocycles. The molecule has 17 heavy (non-hydrogen) atoms. The third kappa shape index (κ3) is 1.54. The zero-order valence-electron chi connectivity index (χ0n) is 9.90. The van der Waals surface area contributed by atoms with Crippen LogP contribution in [0.3, 0.4) is 0 Å². The van der Waals surface area contributed by atoms with Gasteiger partial charge < -0.3 is 5.11 Å². The second-order valence-corrected chi connectivity index (χ2v) is 4.77. The topological polar surface area (TPSA) is 44.0 Å². The van der Waals surface area contributed by atoms with Crippen molar-refractivity contribution in [3.05, 3.63) is 35.4 Å². The molecule has 1 atom stereocenters. The predicted octanol–water partition coefficient (Wildman–Crippen LogP) is 2.51. The van der Waals surface area contributed by atoms with Crippen LogP contribution in [0.4, 0.5) is 0 Å². The van der Waals surface area contributed by atoms with Gasteiger partial charge in [0, 0.05) is 0 Å². The Labute approximate surface area is 102 Å². The summed E-state index contributed by atoms with van der Waals surface area (Å²) < 4.78 is 0. The molecule has 2 rings (SSSR count). The first-order valence-electron chi connectivity index (χ1n) is 5.76. The van der Waals surface area contributed by atoms with E-state index in [0.29, 0.717) is 18.4 Å². The van der Waals surface area contributed by atoms with Crippen molar-refractivity contribution >= 4 is 0 Å². The van der Waals surface area contributed by atoms with Gasteiger partial charge in [0.2, 0.25) is 0 Å². The summed E-state index contributed by atoms with van der Waals surface area (Å²) in [5.41, 5.74) is -0.523. The van der Waals surface area contributed by atoms with Crippen LogP contribution in [-0.4, -0.2) is 5.11 Å². The molecule has 86 valence electrons. The van der Waals surface area contributed by atoms with Crippen LogP contribution in [0, 0.1) is 36.0 Å². The Morgan fingerprint density at radius 3 is 2.29 bits per heavy atom. The maximum Gasteiger partial charge on any atom is 0.169 e. The van der Waals surface area contributed by atoms with E-state index in [1.807, 2.05) is 31.2 Å². The minimum absolute atomic E-state index is 0.645. The molecule has 0 radical (unpaired) electrons. The van der Waals surface area contributed by atoms with Gasteiger partial charge >= 0.3 is 0 Å². The number of terminal acetylenes is 1. The van der Waals surface area contributed by atoms with E-state index >= 15 is 0 Å². The van der Waals surface area contributed by atoms with Crippen LogP contribution in [0.25, 0.3) is 0 Å². The summed E-state index contributed by atoms with van der Waals surface area (Å²) in [6, 6.07) is 9.66. The van der Waals surface area contributed by atoms with Crippen LogP contribution in [0.15, 0.2) is 24.3 Å². The number of aryl methyl sites for hydroxylation is 1. The number of nitrogens with zero attached hydrogens (tertiary/aromatic N) is 1. The first-order valence-corrected chi connectivity index (χ1v) is 5.76. The largest absolute Gasteiger partial charge is 0.372 e. The molecule has 0 spiro atoms. The highest BCUT2D eigenvalue weighted by Crippen LogP contribution is 2.53. The van der Waals surface area contributed by atoms with E-state index in [4.69, 9.17) is 6.42 Å². The number of aliphatic hydroxyl groups is 1. The van der Waals surface area contributed by atoms with Crippen molar-refractivity contribution in [2.24, 2.45) is 5.41 Å². The lowest BCUT2D eigenvalue weighted by Gasteiger charge is -2.45. The maximum absolute atomic E-state index is 10.7. The summed E-state index contributed by atoms with van der Waals surface area (Å²) in [4.78, 5) is 0. The molecule has 1 aliphatic carbocycles. The van der Waals surface area contributed by atoms with Gasteiger partial charge in [-0.25, -0.2) is 0 Å². The number of hydrogen-bond donors (Lipinski definition) is 1. The minimum Gasteiger partial charge on any atom is -0.372 e. The van der Waals surface area contributed by atoms with Crippen molar-refractivity contribution < 1.29 is 5.11 Å². The van der Waals surface area contributed by atoms with Crippen LogP contribution in [0.2, 0.25) is 0 Å². The van der Waals surface area contributed by atoms with Gasteiger partial charge in [0.05, 0.1) is 6.07 Å². The van der Waals surface area contributed by atoms with Gasteiger partial charge in [0.15, 0.2) is 5.60 Å². The smallest absolute Gasteiger partial charge is 0.169 e. The van der Waals surface area contributed by atoms with E-state index in [0.717, 1.165) is 12.0 Å². The lowest BCUT2D eigenvalue weighted by Crippen LogP contribution is -2.48. The Hall–Kier alpha value is -1.77. The first kappa shape index (κ1) is 11.7. The number of nitriles is 1. The summed E-state index contributed by atoms with van der Waals surface area (Å²) in [7, 11) is 0. The lowest BCUT2D eigenvalue weighted by atomic mass is 9.58. The Morgan fingerprint density at radius 1 is 1.35 bits per heavy atom. The van der Waals surface area contributed by atoms with Gasteiger partial charge in [-0.05, 0) is 31.7 Å². The number of rotatable bonds is 2. The van der Waals surface area contributed by atoms with Crippen LogP contribution in [0.5, 0.6) is 0 Å². The molecular formula is C15H15NO. The van der Waals surface area contributed by atoms with Gasteiger partial charge in [-0.1, -0.05) is 35.7 Å². The molecule has 1 aromatic carbocycles. The normalized spacial score (nSPS) is 20.5. The van der Waals surface area contributed by atoms with Gasteiger partial charge in [-0.15, -0.1) is 6.42 Å². The van der Waals surface area contributed by atoms with Crippen molar-refractivity contribution in [3.63, 3.8) is 0 Å². The second kappa shape index (κ2) is 3.91. The highest BCUT2D eigenvalue weighted by molar-refractivity contribution is 5.39. The van der Waals surface area contributed by atoms with Gasteiger partial charge in [-0.2, -0.15) is 5.26 Å². The zero-order valence-corrected chi connectivity index (χ0v) is 9.90. The Bertz CT molecular complexity index is 499. The summed E-state index contributed by atoms with van der Waals surface area (Å²) in [6.07, 6.45) is 7.77. The molecule has 1 aliphatic rings. The van der Waals surface area contributed by atoms with Crippen LogP contribution in [-0.2, 0) is 5.60 Å². The fourth-order valence-corrected chi connectivity index (χ4v) is 2.38. The number of hydrogen-bond acceptors (Lipinski definition) is 2. The average molecular weight is 225 g/mol. The Balaban J connectivity index is 2.49. The highest BCUT2D eigenvalue weighted by atomic mass is 16.3. The molecule has 0 aromatic heterocycles. The number of benzene rings is 1. The van der Waals surface area contributed by atoms with Gasteiger partial charge in [0.1, 0.15) is 5.41 Å². The standard InChI is InChI=1S/C15H15NO/c1-3-15(17,14(11-16)9-4-10-14)13-7-5-12(2)6-8-13/h1,5-8,17H,4,9-10H2,2H3/t15-/m1/s1. The van der Waals surface area contributed by atoms with Gasteiger partial charge in [-0.3, -0.25) is 0 Å². The summed E-state index contributed by atoms with van der Waals surface area (Å²) >= 11 is 0. The van der Waals surface area contributed by atoms with Crippen molar-refractivity contribution in [2.45, 2.75) is 31.8 Å². The lowest BCUT2D eigenvalue weighted by molar-refractivity contribution is -0.0530. The van der Waals surface area contributed by atoms with E-state index in [1.165, 1.54) is 0 Å². The maximum atomic E-state index is 10.7. The van der Waals surface area contributed by atoms with Crippen molar-refractivity contribution in [3.8, 4) is 18.4 Å². The van der Waals surface area contributed by atoms with Crippen molar-refractivity contribution in [1.29, 1.82) is 5.26 Å². The van der Waals surface area contributed by atoms with E-state index < -0.39 is 11.0 Å². The molecule has 2 heteroatoms. The Morgan fingerprint density at radius 2 is 1.94 bits per heavy atom. The fourth-order valence-electron chi connectivity index (χ4n) is 2.38. The molecule has 0 saturated heterocycles. The molecular weight excluding hydrogens is 210 g/mol. The van der Waals surface area contributed by atoms with Crippen molar-refractivity contribution in [1.82, 2.24) is 0 Å². The second-order valence-electron chi connectivity index (χ2n) is 4.77. The van der Waals surface area contributed by atoms with E-state index in [-0.39, 0.29) is 0 Å². The molecule has 0 amide bonds. The molecule has 0 bridgehead atoms. The third-order valence-electron chi connectivity index (χ3n) is 3.79. The van der Waals surface area contributed by atoms with E-state index in [9.17, 15) is 10.4 Å². The molecule has 0 heterocycles. The molecule has 2 nitrogen and oxygen atoms in total. The molecule has 1 saturated carbocycles. The van der Waals surface area contributed by atoms with Crippen LogP contribution >= 0.6 is 0 Å². The third-order valence-corrected chi connectivity index (χ3v) is 3.79. The zero-order chi connectivity index (χ0) is 12.5. The SMILES string of the molecule is C#C[C@@](O)(c1ccc(C)cc1)C1(C#N)CCC1.